The molecule has 0 atom stereocenters. The number of hydrogen-bond donors (Lipinski definition) is 2. The molecule has 102 valence electrons. The predicted molar refractivity (Wildman–Crippen MR) is 80.2 cm³/mol. The molecule has 0 aliphatic rings. The molecule has 0 aliphatic carbocycles. The molecule has 0 radical (unpaired) electrons. The number of aryl methyl sites for hydroxylation is 2. The van der Waals surface area contributed by atoms with Gasteiger partial charge >= 0.3 is 0 Å². The van der Waals surface area contributed by atoms with E-state index in [0.29, 0.717) is 30.2 Å². The van der Waals surface area contributed by atoms with Crippen LogP contribution in [0.1, 0.15) is 28.0 Å². The van der Waals surface area contributed by atoms with Gasteiger partial charge in [0.25, 0.3) is 5.91 Å². The van der Waals surface area contributed by atoms with E-state index in [2.05, 4.69) is 26.3 Å². The van der Waals surface area contributed by atoms with E-state index in [1.54, 1.807) is 22.9 Å². The molecule has 2 aromatic rings. The molecule has 0 saturated carbocycles. The zero-order chi connectivity index (χ0) is 14.0. The van der Waals surface area contributed by atoms with E-state index < -0.39 is 0 Å². The summed E-state index contributed by atoms with van der Waals surface area (Å²) in [5.41, 5.74) is 7.48. The normalized spacial score (nSPS) is 10.7. The lowest BCUT2D eigenvalue weighted by molar-refractivity contribution is 0.0941. The zero-order valence-corrected chi connectivity index (χ0v) is 13.1. The number of nitrogen functional groups attached to an aromatic ring is 1. The number of nitrogens with one attached hydrogen (secondary N) is 1. The molecular formula is C12H15BrN4OS. The number of anilines is 1. The van der Waals surface area contributed by atoms with E-state index in [0.717, 1.165) is 8.66 Å². The average molecular weight is 343 g/mol. The van der Waals surface area contributed by atoms with E-state index in [1.807, 2.05) is 19.1 Å². The fraction of sp³-hybridized carbons (Fsp3) is 0.333. The topological polar surface area (TPSA) is 72.9 Å². The van der Waals surface area contributed by atoms with Crippen LogP contribution in [0.5, 0.6) is 0 Å². The maximum absolute atomic E-state index is 12.2. The first-order valence-corrected chi connectivity index (χ1v) is 7.49. The van der Waals surface area contributed by atoms with Crippen LogP contribution in [0.2, 0.25) is 0 Å². The summed E-state index contributed by atoms with van der Waals surface area (Å²) in [4.78, 5) is 13.3. The average Bonchev–Trinajstić information content (AvgIpc) is 2.92. The fourth-order valence-corrected chi connectivity index (χ4v) is 3.18. The van der Waals surface area contributed by atoms with Crippen molar-refractivity contribution < 1.29 is 4.79 Å². The Kier molecular flexibility index (Phi) is 4.26. The van der Waals surface area contributed by atoms with Crippen molar-refractivity contribution in [2.45, 2.75) is 26.9 Å². The fourth-order valence-electron chi connectivity index (χ4n) is 1.76. The van der Waals surface area contributed by atoms with Gasteiger partial charge in [-0.3, -0.25) is 9.48 Å². The Balaban J connectivity index is 2.12. The van der Waals surface area contributed by atoms with Crippen LogP contribution in [0.4, 0.5) is 5.69 Å². The number of rotatable bonds is 4. The van der Waals surface area contributed by atoms with Crippen LogP contribution in [0.15, 0.2) is 15.9 Å². The lowest BCUT2D eigenvalue weighted by Gasteiger charge is -2.06. The molecule has 7 heteroatoms. The number of hydrogen-bond acceptors (Lipinski definition) is 4. The molecular weight excluding hydrogens is 328 g/mol. The minimum absolute atomic E-state index is 0.190. The van der Waals surface area contributed by atoms with Crippen molar-refractivity contribution in [2.75, 3.05) is 5.73 Å². The van der Waals surface area contributed by atoms with Gasteiger partial charge in [-0.05, 0) is 41.9 Å². The summed E-state index contributed by atoms with van der Waals surface area (Å²) in [7, 11) is 0. The molecule has 19 heavy (non-hydrogen) atoms. The molecule has 2 aromatic heterocycles. The SMILES string of the molecule is CCn1nc(C)c(N)c1C(=O)NCc1ccc(Br)s1. The first-order chi connectivity index (χ1) is 9.02. The number of thiophene rings is 1. The maximum atomic E-state index is 12.2. The van der Waals surface area contributed by atoms with Crippen LogP contribution in [0.25, 0.3) is 0 Å². The van der Waals surface area contributed by atoms with Gasteiger partial charge in [0.05, 0.1) is 21.7 Å². The summed E-state index contributed by atoms with van der Waals surface area (Å²) in [6, 6.07) is 3.93. The molecule has 0 aromatic carbocycles. The summed E-state index contributed by atoms with van der Waals surface area (Å²) in [6.45, 7) is 4.83. The van der Waals surface area contributed by atoms with E-state index in [9.17, 15) is 4.79 Å². The van der Waals surface area contributed by atoms with Crippen molar-refractivity contribution in [3.63, 3.8) is 0 Å². The number of nitrogens with zero attached hydrogens (tertiary/aromatic N) is 2. The lowest BCUT2D eigenvalue weighted by Crippen LogP contribution is -2.26. The van der Waals surface area contributed by atoms with Crippen molar-refractivity contribution in [3.05, 3.63) is 32.2 Å². The standard InChI is InChI=1S/C12H15BrN4OS/c1-3-17-11(10(14)7(2)16-17)12(18)15-6-8-4-5-9(13)19-8/h4-5H,3,6,14H2,1-2H3,(H,15,18). The minimum Gasteiger partial charge on any atom is -0.395 e. The Labute approximate surface area is 123 Å². The number of halogens is 1. The second-order valence-electron chi connectivity index (χ2n) is 4.05. The highest BCUT2D eigenvalue weighted by Crippen LogP contribution is 2.22. The van der Waals surface area contributed by atoms with Crippen molar-refractivity contribution in [3.8, 4) is 0 Å². The quantitative estimate of drug-likeness (QED) is 0.896. The van der Waals surface area contributed by atoms with Crippen LogP contribution < -0.4 is 11.1 Å². The Hall–Kier alpha value is -1.34. The van der Waals surface area contributed by atoms with Crippen LogP contribution in [0, 0.1) is 6.92 Å². The van der Waals surface area contributed by atoms with Crippen molar-refractivity contribution in [1.82, 2.24) is 15.1 Å². The Morgan fingerprint density at radius 1 is 1.58 bits per heavy atom. The van der Waals surface area contributed by atoms with E-state index in [1.165, 1.54) is 0 Å². The molecule has 2 heterocycles. The van der Waals surface area contributed by atoms with Gasteiger partial charge in [0, 0.05) is 11.4 Å². The number of carbonyl (C=O) groups is 1. The second-order valence-corrected chi connectivity index (χ2v) is 6.60. The van der Waals surface area contributed by atoms with Crippen molar-refractivity contribution >= 4 is 38.9 Å². The number of aromatic nitrogens is 2. The monoisotopic (exact) mass is 342 g/mol. The van der Waals surface area contributed by atoms with Crippen LogP contribution in [-0.4, -0.2) is 15.7 Å². The summed E-state index contributed by atoms with van der Waals surface area (Å²) in [6.07, 6.45) is 0. The molecule has 0 saturated heterocycles. The molecule has 5 nitrogen and oxygen atoms in total. The van der Waals surface area contributed by atoms with E-state index in [4.69, 9.17) is 5.73 Å². The highest BCUT2D eigenvalue weighted by molar-refractivity contribution is 9.11. The van der Waals surface area contributed by atoms with Crippen molar-refractivity contribution in [1.29, 1.82) is 0 Å². The molecule has 3 N–H and O–H groups in total. The van der Waals surface area contributed by atoms with E-state index >= 15 is 0 Å². The smallest absolute Gasteiger partial charge is 0.272 e. The Bertz CT molecular complexity index is 605. The molecule has 0 fully saturated rings. The maximum Gasteiger partial charge on any atom is 0.272 e. The van der Waals surface area contributed by atoms with Gasteiger partial charge in [0.15, 0.2) is 0 Å². The molecule has 1 amide bonds. The van der Waals surface area contributed by atoms with Gasteiger partial charge in [0.2, 0.25) is 0 Å². The summed E-state index contributed by atoms with van der Waals surface area (Å²) >= 11 is 4.99. The number of carbonyl (C=O) groups excluding carboxylic acids is 1. The van der Waals surface area contributed by atoms with Gasteiger partial charge in [-0.15, -0.1) is 11.3 Å². The largest absolute Gasteiger partial charge is 0.395 e. The van der Waals surface area contributed by atoms with E-state index in [-0.39, 0.29) is 5.91 Å². The molecule has 0 aliphatic heterocycles. The lowest BCUT2D eigenvalue weighted by atomic mass is 10.3. The molecule has 2 rings (SSSR count). The third-order valence-corrected chi connectivity index (χ3v) is 4.36. The number of nitrogens with two attached hydrogens (primary N) is 1. The summed E-state index contributed by atoms with van der Waals surface area (Å²) in [5.74, 6) is -0.190. The second kappa shape index (κ2) is 5.75. The van der Waals surface area contributed by atoms with Gasteiger partial charge < -0.3 is 11.1 Å². The first kappa shape index (κ1) is 14.1. The minimum atomic E-state index is -0.190. The third kappa shape index (κ3) is 2.98. The summed E-state index contributed by atoms with van der Waals surface area (Å²) in [5, 5.41) is 7.10. The van der Waals surface area contributed by atoms with Gasteiger partial charge in [-0.1, -0.05) is 0 Å². The predicted octanol–water partition coefficient (Wildman–Crippen LogP) is 2.55. The van der Waals surface area contributed by atoms with Crippen LogP contribution in [-0.2, 0) is 13.1 Å². The van der Waals surface area contributed by atoms with Gasteiger partial charge in [0.1, 0.15) is 5.69 Å². The molecule has 0 unspecified atom stereocenters. The van der Waals surface area contributed by atoms with Gasteiger partial charge in [-0.25, -0.2) is 0 Å². The Morgan fingerprint density at radius 3 is 2.89 bits per heavy atom. The molecule has 0 spiro atoms. The van der Waals surface area contributed by atoms with Crippen LogP contribution in [0.3, 0.4) is 0 Å². The Morgan fingerprint density at radius 2 is 2.32 bits per heavy atom. The van der Waals surface area contributed by atoms with Gasteiger partial charge in [-0.2, -0.15) is 5.10 Å². The number of amides is 1. The highest BCUT2D eigenvalue weighted by Gasteiger charge is 2.18. The van der Waals surface area contributed by atoms with Crippen LogP contribution >= 0.6 is 27.3 Å². The third-order valence-electron chi connectivity index (χ3n) is 2.74. The zero-order valence-electron chi connectivity index (χ0n) is 10.7. The highest BCUT2D eigenvalue weighted by atomic mass is 79.9. The summed E-state index contributed by atoms with van der Waals surface area (Å²) < 4.78 is 2.68. The molecule has 0 bridgehead atoms. The van der Waals surface area contributed by atoms with Crippen molar-refractivity contribution in [2.24, 2.45) is 0 Å². The first-order valence-electron chi connectivity index (χ1n) is 5.88.